The van der Waals surface area contributed by atoms with E-state index in [1.165, 1.54) is 0 Å². The van der Waals surface area contributed by atoms with Crippen molar-refractivity contribution in [2.45, 2.75) is 13.3 Å². The number of carbonyl (C=O) groups is 1. The molecule has 0 amide bonds. The molecule has 0 aliphatic heterocycles. The number of ketones is 1. The van der Waals surface area contributed by atoms with Crippen LogP contribution in [-0.4, -0.2) is 22.1 Å². The highest BCUT2D eigenvalue weighted by Crippen LogP contribution is 2.08. The maximum Gasteiger partial charge on any atom is 0.187 e. The summed E-state index contributed by atoms with van der Waals surface area (Å²) in [6, 6.07) is 1.72. The maximum absolute atomic E-state index is 11.7. The second-order valence-corrected chi connectivity index (χ2v) is 3.08. The third-order valence-corrected chi connectivity index (χ3v) is 2.11. The molecule has 1 aromatic heterocycles. The number of Topliss-reactive ketones (excluding diaryl/α,β-unsaturated/α-hetero) is 1. The van der Waals surface area contributed by atoms with E-state index in [1.54, 1.807) is 24.0 Å². The fourth-order valence-electron chi connectivity index (χ4n) is 1.21. The lowest BCUT2D eigenvalue weighted by molar-refractivity contribution is 0.0915. The fourth-order valence-corrected chi connectivity index (χ4v) is 1.21. The first kappa shape index (κ1) is 9.92. The monoisotopic (exact) mass is 181 g/mol. The summed E-state index contributed by atoms with van der Waals surface area (Å²) in [5.41, 5.74) is 5.99. The molecule has 13 heavy (non-hydrogen) atoms. The normalized spacial score (nSPS) is 12.8. The second kappa shape index (κ2) is 4.18. The number of aryl methyl sites for hydroxylation is 1. The van der Waals surface area contributed by atoms with Gasteiger partial charge >= 0.3 is 0 Å². The Kier molecular flexibility index (Phi) is 3.19. The minimum absolute atomic E-state index is 0.0469. The van der Waals surface area contributed by atoms with Crippen LogP contribution in [0, 0.1) is 5.92 Å². The molecule has 1 heterocycles. The van der Waals surface area contributed by atoms with Gasteiger partial charge in [0.1, 0.15) is 5.69 Å². The molecule has 72 valence electrons. The second-order valence-electron chi connectivity index (χ2n) is 3.08. The molecule has 0 aromatic carbocycles. The van der Waals surface area contributed by atoms with Crippen molar-refractivity contribution in [1.29, 1.82) is 0 Å². The summed E-state index contributed by atoms with van der Waals surface area (Å²) in [7, 11) is 1.79. The van der Waals surface area contributed by atoms with Gasteiger partial charge in [-0.3, -0.25) is 9.48 Å². The fraction of sp³-hybridized carbons (Fsp3) is 0.556. The van der Waals surface area contributed by atoms with Gasteiger partial charge in [0.2, 0.25) is 0 Å². The van der Waals surface area contributed by atoms with E-state index < -0.39 is 0 Å². The Morgan fingerprint density at radius 3 is 2.85 bits per heavy atom. The average molecular weight is 181 g/mol. The van der Waals surface area contributed by atoms with Crippen LogP contribution in [0.2, 0.25) is 0 Å². The SMILES string of the molecule is CCC(CN)C(=O)c1ccn(C)n1. The third kappa shape index (κ3) is 2.15. The lowest BCUT2D eigenvalue weighted by atomic mass is 9.99. The first-order valence-electron chi connectivity index (χ1n) is 4.43. The lowest BCUT2D eigenvalue weighted by Crippen LogP contribution is -2.23. The van der Waals surface area contributed by atoms with E-state index in [0.29, 0.717) is 12.2 Å². The van der Waals surface area contributed by atoms with Crippen LogP contribution in [0.4, 0.5) is 0 Å². The van der Waals surface area contributed by atoms with E-state index in [9.17, 15) is 4.79 Å². The predicted octanol–water partition coefficient (Wildman–Crippen LogP) is 0.588. The van der Waals surface area contributed by atoms with Gasteiger partial charge in [-0.1, -0.05) is 6.92 Å². The van der Waals surface area contributed by atoms with E-state index in [1.807, 2.05) is 6.92 Å². The van der Waals surface area contributed by atoms with Gasteiger partial charge in [0.15, 0.2) is 5.78 Å². The molecule has 0 saturated heterocycles. The van der Waals surface area contributed by atoms with Gasteiger partial charge < -0.3 is 5.73 Å². The van der Waals surface area contributed by atoms with Crippen LogP contribution in [0.3, 0.4) is 0 Å². The highest BCUT2D eigenvalue weighted by molar-refractivity contribution is 5.96. The summed E-state index contributed by atoms with van der Waals surface area (Å²) in [5, 5.41) is 4.04. The molecule has 0 radical (unpaired) electrons. The van der Waals surface area contributed by atoms with E-state index in [4.69, 9.17) is 5.73 Å². The summed E-state index contributed by atoms with van der Waals surface area (Å²) in [5.74, 6) is -0.0412. The van der Waals surface area contributed by atoms with Crippen LogP contribution < -0.4 is 5.73 Å². The molecule has 0 saturated carbocycles. The molecule has 0 aliphatic rings. The highest BCUT2D eigenvalue weighted by Gasteiger charge is 2.18. The van der Waals surface area contributed by atoms with E-state index in [0.717, 1.165) is 6.42 Å². The minimum Gasteiger partial charge on any atom is -0.330 e. The van der Waals surface area contributed by atoms with Crippen molar-refractivity contribution in [3.63, 3.8) is 0 Å². The minimum atomic E-state index is -0.0881. The standard InChI is InChI=1S/C9H15N3O/c1-3-7(6-10)9(13)8-4-5-12(2)11-8/h4-5,7H,3,6,10H2,1-2H3. The van der Waals surface area contributed by atoms with Crippen molar-refractivity contribution in [3.8, 4) is 0 Å². The van der Waals surface area contributed by atoms with Crippen LogP contribution in [0.25, 0.3) is 0 Å². The maximum atomic E-state index is 11.7. The zero-order valence-electron chi connectivity index (χ0n) is 8.03. The van der Waals surface area contributed by atoms with Gasteiger partial charge in [-0.05, 0) is 12.5 Å². The van der Waals surface area contributed by atoms with Crippen molar-refractivity contribution >= 4 is 5.78 Å². The van der Waals surface area contributed by atoms with Crippen LogP contribution in [0.1, 0.15) is 23.8 Å². The van der Waals surface area contributed by atoms with E-state index in [2.05, 4.69) is 5.10 Å². The molecule has 1 aromatic rings. The number of carbonyl (C=O) groups excluding carboxylic acids is 1. The molecule has 4 nitrogen and oxygen atoms in total. The molecule has 0 aliphatic carbocycles. The number of hydrogen-bond donors (Lipinski definition) is 1. The van der Waals surface area contributed by atoms with Crippen molar-refractivity contribution in [2.75, 3.05) is 6.54 Å². The van der Waals surface area contributed by atoms with Gasteiger partial charge in [-0.25, -0.2) is 0 Å². The quantitative estimate of drug-likeness (QED) is 0.691. The molecule has 0 bridgehead atoms. The Morgan fingerprint density at radius 2 is 2.46 bits per heavy atom. The molecule has 1 atom stereocenters. The largest absolute Gasteiger partial charge is 0.330 e. The van der Waals surface area contributed by atoms with Crippen LogP contribution in [0.5, 0.6) is 0 Å². The number of nitrogens with zero attached hydrogens (tertiary/aromatic N) is 2. The summed E-state index contributed by atoms with van der Waals surface area (Å²) >= 11 is 0. The zero-order valence-corrected chi connectivity index (χ0v) is 8.03. The number of hydrogen-bond acceptors (Lipinski definition) is 3. The van der Waals surface area contributed by atoms with Crippen LogP contribution in [-0.2, 0) is 7.05 Å². The Labute approximate surface area is 77.7 Å². The number of aromatic nitrogens is 2. The first-order valence-corrected chi connectivity index (χ1v) is 4.43. The average Bonchev–Trinajstić information content (AvgIpc) is 2.54. The van der Waals surface area contributed by atoms with Crippen molar-refractivity contribution in [1.82, 2.24) is 9.78 Å². The van der Waals surface area contributed by atoms with Crippen LogP contribution in [0.15, 0.2) is 12.3 Å². The van der Waals surface area contributed by atoms with Gasteiger partial charge in [-0.15, -0.1) is 0 Å². The summed E-state index contributed by atoms with van der Waals surface area (Å²) in [6.45, 7) is 2.35. The Bertz CT molecular complexity index is 289. The van der Waals surface area contributed by atoms with Crippen LogP contribution >= 0.6 is 0 Å². The highest BCUT2D eigenvalue weighted by atomic mass is 16.1. The lowest BCUT2D eigenvalue weighted by Gasteiger charge is -2.07. The smallest absolute Gasteiger partial charge is 0.187 e. The molecule has 1 unspecified atom stereocenters. The molecule has 0 fully saturated rings. The number of rotatable bonds is 4. The molecular formula is C9H15N3O. The zero-order chi connectivity index (χ0) is 9.84. The van der Waals surface area contributed by atoms with E-state index >= 15 is 0 Å². The van der Waals surface area contributed by atoms with Gasteiger partial charge in [-0.2, -0.15) is 5.10 Å². The van der Waals surface area contributed by atoms with Crippen molar-refractivity contribution < 1.29 is 4.79 Å². The van der Waals surface area contributed by atoms with Gasteiger partial charge in [0.05, 0.1) is 0 Å². The summed E-state index contributed by atoms with van der Waals surface area (Å²) < 4.78 is 1.62. The first-order chi connectivity index (χ1) is 6.19. The third-order valence-electron chi connectivity index (χ3n) is 2.11. The molecule has 2 N–H and O–H groups in total. The summed E-state index contributed by atoms with van der Waals surface area (Å²) in [4.78, 5) is 11.7. The molecule has 0 spiro atoms. The van der Waals surface area contributed by atoms with Gasteiger partial charge in [0.25, 0.3) is 0 Å². The molecule has 4 heteroatoms. The Morgan fingerprint density at radius 1 is 1.77 bits per heavy atom. The Hall–Kier alpha value is -1.16. The van der Waals surface area contributed by atoms with Crippen molar-refractivity contribution in [2.24, 2.45) is 18.7 Å². The van der Waals surface area contributed by atoms with E-state index in [-0.39, 0.29) is 11.7 Å². The summed E-state index contributed by atoms with van der Waals surface area (Å²) in [6.07, 6.45) is 2.53. The number of nitrogens with two attached hydrogens (primary N) is 1. The Balaban J connectivity index is 2.78. The topological polar surface area (TPSA) is 60.9 Å². The van der Waals surface area contributed by atoms with Crippen molar-refractivity contribution in [3.05, 3.63) is 18.0 Å². The molecular weight excluding hydrogens is 166 g/mol. The van der Waals surface area contributed by atoms with Gasteiger partial charge in [0, 0.05) is 25.7 Å². The predicted molar refractivity (Wildman–Crippen MR) is 50.4 cm³/mol. The molecule has 1 rings (SSSR count).